The molecule has 1 rings (SSSR count). The highest BCUT2D eigenvalue weighted by Crippen LogP contribution is 2.03. The summed E-state index contributed by atoms with van der Waals surface area (Å²) >= 11 is 0. The van der Waals surface area contributed by atoms with Crippen LogP contribution in [0.3, 0.4) is 0 Å². The van der Waals surface area contributed by atoms with Crippen LogP contribution in [0, 0.1) is 0 Å². The molecule has 0 saturated heterocycles. The van der Waals surface area contributed by atoms with Gasteiger partial charge in [-0.15, -0.1) is 0 Å². The van der Waals surface area contributed by atoms with Crippen LogP contribution in [0.4, 0.5) is 0 Å². The highest BCUT2D eigenvalue weighted by Gasteiger charge is 1.96. The summed E-state index contributed by atoms with van der Waals surface area (Å²) in [5.41, 5.74) is 1.26. The van der Waals surface area contributed by atoms with Crippen molar-refractivity contribution in [1.29, 1.82) is 0 Å². The Hall–Kier alpha value is -1.08. The van der Waals surface area contributed by atoms with Gasteiger partial charge >= 0.3 is 0 Å². The Morgan fingerprint density at radius 2 is 1.77 bits per heavy atom. The lowest BCUT2D eigenvalue weighted by molar-refractivity contribution is 0.365. The molecular weight excluding hydrogens is 158 g/mol. The molecule has 0 aromatic heterocycles. The van der Waals surface area contributed by atoms with E-state index in [4.69, 9.17) is 0 Å². The van der Waals surface area contributed by atoms with Crippen LogP contribution in [0.2, 0.25) is 0 Å². The lowest BCUT2D eigenvalue weighted by Gasteiger charge is -2.14. The van der Waals surface area contributed by atoms with Crippen LogP contribution < -0.4 is 0 Å². The number of rotatable bonds is 3. The topological polar surface area (TPSA) is 3.24 Å². The maximum Gasteiger partial charge on any atom is 0.0247 e. The summed E-state index contributed by atoms with van der Waals surface area (Å²) in [5, 5.41) is 0. The first kappa shape index (κ1) is 10.0. The number of likely N-dealkylation sites (N-methyl/N-ethyl adjacent to an activating group) is 1. The summed E-state index contributed by atoms with van der Waals surface area (Å²) in [6.07, 6.45) is 4.36. The van der Waals surface area contributed by atoms with Gasteiger partial charge in [-0.05, 0) is 26.6 Å². The summed E-state index contributed by atoms with van der Waals surface area (Å²) < 4.78 is 0. The molecule has 0 amide bonds. The van der Waals surface area contributed by atoms with Crippen LogP contribution in [0.25, 0.3) is 6.08 Å². The zero-order valence-electron chi connectivity index (χ0n) is 8.57. The molecule has 0 aliphatic carbocycles. The zero-order chi connectivity index (χ0) is 9.68. The van der Waals surface area contributed by atoms with Crippen LogP contribution in [-0.4, -0.2) is 25.0 Å². The van der Waals surface area contributed by atoms with Crippen LogP contribution >= 0.6 is 0 Å². The molecular formula is C12H17N. The largest absolute Gasteiger partial charge is 0.303 e. The van der Waals surface area contributed by atoms with Crippen LogP contribution in [0.5, 0.6) is 0 Å². The summed E-state index contributed by atoms with van der Waals surface area (Å²) in [4.78, 5) is 2.18. The van der Waals surface area contributed by atoms with Crippen molar-refractivity contribution in [2.75, 3.05) is 14.1 Å². The summed E-state index contributed by atoms with van der Waals surface area (Å²) in [6.45, 7) is 2.18. The second kappa shape index (κ2) is 4.83. The third kappa shape index (κ3) is 3.43. The third-order valence-electron chi connectivity index (χ3n) is 2.18. The number of hydrogen-bond donors (Lipinski definition) is 0. The first-order chi connectivity index (χ1) is 6.20. The molecule has 1 unspecified atom stereocenters. The molecule has 0 radical (unpaired) electrons. The van der Waals surface area contributed by atoms with Crippen molar-refractivity contribution < 1.29 is 0 Å². The first-order valence-corrected chi connectivity index (χ1v) is 4.60. The Bertz CT molecular complexity index is 262. The van der Waals surface area contributed by atoms with Crippen molar-refractivity contribution in [1.82, 2.24) is 4.90 Å². The monoisotopic (exact) mass is 175 g/mol. The molecule has 1 atom stereocenters. The van der Waals surface area contributed by atoms with Gasteiger partial charge in [-0.2, -0.15) is 0 Å². The summed E-state index contributed by atoms with van der Waals surface area (Å²) in [5.74, 6) is 0. The van der Waals surface area contributed by atoms with Crippen LogP contribution in [0.15, 0.2) is 36.4 Å². The maximum atomic E-state index is 2.20. The van der Waals surface area contributed by atoms with E-state index in [-0.39, 0.29) is 0 Å². The number of hydrogen-bond acceptors (Lipinski definition) is 1. The smallest absolute Gasteiger partial charge is 0.0247 e. The quantitative estimate of drug-likeness (QED) is 0.682. The van der Waals surface area contributed by atoms with E-state index >= 15 is 0 Å². The minimum absolute atomic E-state index is 0.486. The Labute approximate surface area is 80.7 Å². The van der Waals surface area contributed by atoms with Gasteiger partial charge in [-0.25, -0.2) is 0 Å². The molecule has 1 nitrogen and oxygen atoms in total. The van der Waals surface area contributed by atoms with Gasteiger partial charge in [0, 0.05) is 6.04 Å². The van der Waals surface area contributed by atoms with E-state index in [1.165, 1.54) is 5.56 Å². The van der Waals surface area contributed by atoms with Gasteiger partial charge < -0.3 is 4.90 Å². The Kier molecular flexibility index (Phi) is 3.71. The maximum absolute atomic E-state index is 2.20. The van der Waals surface area contributed by atoms with Gasteiger partial charge in [0.25, 0.3) is 0 Å². The molecule has 70 valence electrons. The van der Waals surface area contributed by atoms with E-state index in [0.717, 1.165) is 0 Å². The van der Waals surface area contributed by atoms with Crippen molar-refractivity contribution in [3.63, 3.8) is 0 Å². The molecule has 13 heavy (non-hydrogen) atoms. The average Bonchev–Trinajstić information content (AvgIpc) is 2.15. The van der Waals surface area contributed by atoms with E-state index in [9.17, 15) is 0 Å². The highest BCUT2D eigenvalue weighted by molar-refractivity contribution is 5.49. The fourth-order valence-corrected chi connectivity index (χ4v) is 0.987. The molecule has 1 aromatic carbocycles. The molecule has 1 aromatic rings. The van der Waals surface area contributed by atoms with Crippen molar-refractivity contribution in [3.8, 4) is 0 Å². The fourth-order valence-electron chi connectivity index (χ4n) is 0.987. The van der Waals surface area contributed by atoms with E-state index in [1.807, 2.05) is 6.07 Å². The molecule has 0 aliphatic rings. The normalized spacial score (nSPS) is 13.8. The molecule has 0 heterocycles. The fraction of sp³-hybridized carbons (Fsp3) is 0.333. The molecule has 0 aliphatic heterocycles. The van der Waals surface area contributed by atoms with E-state index in [1.54, 1.807) is 0 Å². The second-order valence-corrected chi connectivity index (χ2v) is 3.47. The minimum atomic E-state index is 0.486. The number of benzene rings is 1. The van der Waals surface area contributed by atoms with Gasteiger partial charge in [0.05, 0.1) is 0 Å². The lowest BCUT2D eigenvalue weighted by Crippen LogP contribution is -2.21. The van der Waals surface area contributed by atoms with Crippen molar-refractivity contribution in [2.24, 2.45) is 0 Å². The Morgan fingerprint density at radius 3 is 2.31 bits per heavy atom. The molecule has 1 heteroatoms. The van der Waals surface area contributed by atoms with Crippen LogP contribution in [-0.2, 0) is 0 Å². The third-order valence-corrected chi connectivity index (χ3v) is 2.18. The highest BCUT2D eigenvalue weighted by atomic mass is 15.1. The molecule has 0 saturated carbocycles. The number of nitrogens with zero attached hydrogens (tertiary/aromatic N) is 1. The molecule has 0 spiro atoms. The van der Waals surface area contributed by atoms with Gasteiger partial charge in [0.2, 0.25) is 0 Å². The minimum Gasteiger partial charge on any atom is -0.303 e. The summed E-state index contributed by atoms with van der Waals surface area (Å²) in [6, 6.07) is 10.9. The van der Waals surface area contributed by atoms with Gasteiger partial charge in [0.1, 0.15) is 0 Å². The molecule has 0 bridgehead atoms. The Morgan fingerprint density at radius 1 is 1.15 bits per heavy atom. The van der Waals surface area contributed by atoms with E-state index < -0.39 is 0 Å². The predicted octanol–water partition coefficient (Wildman–Crippen LogP) is 2.65. The van der Waals surface area contributed by atoms with E-state index in [2.05, 4.69) is 62.3 Å². The lowest BCUT2D eigenvalue weighted by atomic mass is 10.2. The van der Waals surface area contributed by atoms with Gasteiger partial charge in [-0.3, -0.25) is 0 Å². The van der Waals surface area contributed by atoms with Gasteiger partial charge in [0.15, 0.2) is 0 Å². The second-order valence-electron chi connectivity index (χ2n) is 3.47. The zero-order valence-corrected chi connectivity index (χ0v) is 8.57. The summed E-state index contributed by atoms with van der Waals surface area (Å²) in [7, 11) is 4.17. The van der Waals surface area contributed by atoms with E-state index in [0.29, 0.717) is 6.04 Å². The molecule has 0 fully saturated rings. The van der Waals surface area contributed by atoms with Crippen LogP contribution in [0.1, 0.15) is 12.5 Å². The van der Waals surface area contributed by atoms with Gasteiger partial charge in [-0.1, -0.05) is 42.5 Å². The van der Waals surface area contributed by atoms with Crippen molar-refractivity contribution in [3.05, 3.63) is 42.0 Å². The predicted molar refractivity (Wildman–Crippen MR) is 58.6 cm³/mol. The van der Waals surface area contributed by atoms with Crippen molar-refractivity contribution in [2.45, 2.75) is 13.0 Å². The molecule has 0 N–H and O–H groups in total. The average molecular weight is 175 g/mol. The standard InChI is InChI=1S/C12H17N/c1-11(13(2)3)9-10-12-7-5-4-6-8-12/h4-11H,1-3H3. The SMILES string of the molecule is CC(C=Cc1ccccc1)N(C)C. The Balaban J connectivity index is 2.59. The first-order valence-electron chi connectivity index (χ1n) is 4.60. The van der Waals surface area contributed by atoms with Crippen molar-refractivity contribution >= 4 is 6.08 Å².